The van der Waals surface area contributed by atoms with Gasteiger partial charge in [-0.05, 0) is 51.4 Å². The molecule has 0 saturated heterocycles. The van der Waals surface area contributed by atoms with Crippen LogP contribution in [0.3, 0.4) is 0 Å². The van der Waals surface area contributed by atoms with Crippen LogP contribution in [0.4, 0.5) is 0 Å². The van der Waals surface area contributed by atoms with Crippen LogP contribution in [0.25, 0.3) is 0 Å². The van der Waals surface area contributed by atoms with Crippen molar-refractivity contribution in [1.29, 1.82) is 0 Å². The van der Waals surface area contributed by atoms with Gasteiger partial charge in [-0.1, -0.05) is 312 Å². The fourth-order valence-electron chi connectivity index (χ4n) is 11.7. The average Bonchev–Trinajstić information content (AvgIpc) is 4.14. The minimum Gasteiger partial charge on any atom is -0.353 e. The molecule has 0 aromatic carbocycles. The van der Waals surface area contributed by atoms with E-state index in [1.807, 2.05) is 0 Å². The third kappa shape index (κ3) is 34.8. The summed E-state index contributed by atoms with van der Waals surface area (Å²) in [5.74, 6) is 6.07. The minimum absolute atomic E-state index is 0.775. The molecule has 0 bridgehead atoms. The summed E-state index contributed by atoms with van der Waals surface area (Å²) in [6.07, 6.45) is 62.8. The highest BCUT2D eigenvalue weighted by Crippen LogP contribution is 2.28. The highest BCUT2D eigenvalue weighted by molar-refractivity contribution is 6.43. The van der Waals surface area contributed by atoms with Gasteiger partial charge in [-0.2, -0.15) is 0 Å². The Balaban J connectivity index is 2.91. The molecule has 0 radical (unpaired) electrons. The molecule has 0 saturated carbocycles. The summed E-state index contributed by atoms with van der Waals surface area (Å²) in [7, 11) is 0. The molecule has 0 N–H and O–H groups in total. The molecule has 78 heavy (non-hydrogen) atoms. The Kier molecular flexibility index (Phi) is 48.4. The Bertz CT molecular complexity index is 1230. The van der Waals surface area contributed by atoms with Crippen LogP contribution in [0.5, 0.6) is 0 Å². The maximum Gasteiger partial charge on any atom is 0.202 e. The lowest BCUT2D eigenvalue weighted by atomic mass is 10.1. The number of nitrogens with zero attached hydrogens (tertiary/aromatic N) is 8. The molecule has 0 aromatic heterocycles. The lowest BCUT2D eigenvalue weighted by Gasteiger charge is -2.31. The average molecular weight is 1090 g/mol. The van der Waals surface area contributed by atoms with Crippen LogP contribution >= 0.6 is 0 Å². The van der Waals surface area contributed by atoms with Crippen molar-refractivity contribution in [3.63, 3.8) is 0 Å². The van der Waals surface area contributed by atoms with Gasteiger partial charge in [0.2, 0.25) is 11.6 Å². The topological polar surface area (TPSA) is 62.4 Å². The second kappa shape index (κ2) is 52.7. The van der Waals surface area contributed by atoms with Crippen LogP contribution in [0.2, 0.25) is 0 Å². The van der Waals surface area contributed by atoms with Gasteiger partial charge in [0.1, 0.15) is 0 Å². The zero-order valence-corrected chi connectivity index (χ0v) is 54.2. The van der Waals surface area contributed by atoms with E-state index in [1.165, 1.54) is 308 Å². The monoisotopic (exact) mass is 1090 g/mol. The van der Waals surface area contributed by atoms with E-state index in [4.69, 9.17) is 20.0 Å². The van der Waals surface area contributed by atoms with E-state index in [-0.39, 0.29) is 0 Å². The van der Waals surface area contributed by atoms with Gasteiger partial charge in [0.15, 0.2) is 23.3 Å². The van der Waals surface area contributed by atoms with Crippen LogP contribution in [-0.2, 0) is 0 Å². The third-order valence-corrected chi connectivity index (χ3v) is 16.9. The van der Waals surface area contributed by atoms with Crippen LogP contribution in [0, 0.1) is 0 Å². The van der Waals surface area contributed by atoms with E-state index < -0.39 is 0 Å². The molecule has 8 nitrogen and oxygen atoms in total. The van der Waals surface area contributed by atoms with E-state index in [0.717, 1.165) is 87.3 Å². The fraction of sp³-hybridized carbons (Fsp3) is 0.914. The summed E-state index contributed by atoms with van der Waals surface area (Å²) in [4.78, 5) is 34.0. The Labute approximate surface area is 488 Å². The van der Waals surface area contributed by atoms with Crippen LogP contribution < -0.4 is 0 Å². The van der Waals surface area contributed by atoms with Gasteiger partial charge in [-0.3, -0.25) is 0 Å². The molecule has 2 heterocycles. The number of unbranched alkanes of at least 4 members (excludes halogenated alkanes) is 40. The molecule has 0 atom stereocenters. The van der Waals surface area contributed by atoms with Crippen molar-refractivity contribution >= 4 is 23.3 Å². The number of aliphatic imine (C=N–C) groups is 4. The van der Waals surface area contributed by atoms with Crippen molar-refractivity contribution in [3.8, 4) is 0 Å². The summed E-state index contributed by atoms with van der Waals surface area (Å²) in [6.45, 7) is 27.2. The first kappa shape index (κ1) is 71.7. The van der Waals surface area contributed by atoms with Gasteiger partial charge in [0, 0.05) is 52.4 Å². The molecule has 456 valence electrons. The summed E-state index contributed by atoms with van der Waals surface area (Å²) < 4.78 is 0. The van der Waals surface area contributed by atoms with Crippen molar-refractivity contribution in [2.24, 2.45) is 20.0 Å². The molecule has 0 unspecified atom stereocenters. The van der Waals surface area contributed by atoms with Gasteiger partial charge in [-0.15, -0.1) is 0 Å². The normalized spacial score (nSPS) is 13.4. The van der Waals surface area contributed by atoms with Gasteiger partial charge in [-0.25, -0.2) is 20.0 Å². The van der Waals surface area contributed by atoms with Crippen molar-refractivity contribution in [2.45, 2.75) is 364 Å². The van der Waals surface area contributed by atoms with Gasteiger partial charge >= 0.3 is 0 Å². The molecule has 0 fully saturated rings. The Morgan fingerprint density at radius 2 is 0.282 bits per heavy atom. The van der Waals surface area contributed by atoms with Gasteiger partial charge in [0.25, 0.3) is 0 Å². The Morgan fingerprint density at radius 3 is 0.410 bits per heavy atom. The number of rotatable bonds is 56. The van der Waals surface area contributed by atoms with Crippen LogP contribution in [0.15, 0.2) is 31.6 Å². The molecule has 8 heteroatoms. The molecule has 0 amide bonds. The van der Waals surface area contributed by atoms with E-state index in [2.05, 4.69) is 75.0 Å². The largest absolute Gasteiger partial charge is 0.353 e. The highest BCUT2D eigenvalue weighted by atomic mass is 15.4. The van der Waals surface area contributed by atoms with Gasteiger partial charge in [0.05, 0.1) is 0 Å². The second-order valence-corrected chi connectivity index (χ2v) is 24.5. The Hall–Kier alpha value is -2.38. The quantitative estimate of drug-likeness (QED) is 0.0570. The second-order valence-electron chi connectivity index (χ2n) is 24.5. The highest BCUT2D eigenvalue weighted by Gasteiger charge is 2.33. The lowest BCUT2D eigenvalue weighted by Crippen LogP contribution is -2.45. The lowest BCUT2D eigenvalue weighted by molar-refractivity contribution is 0.367. The minimum atomic E-state index is 0.775. The summed E-state index contributed by atoms with van der Waals surface area (Å²) in [6, 6.07) is 0. The number of amidine groups is 4. The fourth-order valence-corrected chi connectivity index (χ4v) is 11.7. The van der Waals surface area contributed by atoms with E-state index in [0.29, 0.717) is 0 Å². The summed E-state index contributed by atoms with van der Waals surface area (Å²) in [5.41, 5.74) is 0. The SMILES string of the molecule is CCCCCCCCN(CCCCCCCC)C1=NC(=C2N=C(N(CCCCCCCC)CCCCCCCC)C(N(CCCCCCCC)CCCCCCCC)=N2)N=C1N(CCCCCCCC)CCCCCCCC. The smallest absolute Gasteiger partial charge is 0.202 e. The number of hydrogen-bond acceptors (Lipinski definition) is 8. The standard InChI is InChI=1S/C70H136N8/c1-9-17-25-33-41-49-57-75(58-50-42-34-26-18-10-2)67-68(76(59-51-43-35-27-19-11-3)60-52-44-36-28-20-12-4)72-65(71-67)66-73-69(77(61-53-45-37-29-21-13-5)62-54-46-38-30-22-14-6)70(74-66)78(63-55-47-39-31-23-15-7)64-56-48-40-32-24-16-8/h9-64H2,1-8H3. The molecule has 2 aliphatic heterocycles. The Morgan fingerprint density at radius 1 is 0.167 bits per heavy atom. The zero-order valence-electron chi connectivity index (χ0n) is 54.2. The van der Waals surface area contributed by atoms with Crippen LogP contribution in [0.1, 0.15) is 364 Å². The molecule has 2 rings (SSSR count). The van der Waals surface area contributed by atoms with E-state index in [9.17, 15) is 0 Å². The van der Waals surface area contributed by atoms with Crippen molar-refractivity contribution in [1.82, 2.24) is 19.6 Å². The van der Waals surface area contributed by atoms with Gasteiger partial charge < -0.3 is 19.6 Å². The first-order chi connectivity index (χ1) is 38.5. The molecular formula is C70H136N8. The summed E-state index contributed by atoms with van der Waals surface area (Å²) in [5, 5.41) is 0. The molecular weight excluding hydrogens is 953 g/mol. The number of hydrogen-bond donors (Lipinski definition) is 0. The van der Waals surface area contributed by atoms with Crippen LogP contribution in [-0.4, -0.2) is 95.3 Å². The van der Waals surface area contributed by atoms with E-state index in [1.54, 1.807) is 0 Å². The maximum absolute atomic E-state index is 5.80. The molecule has 0 aliphatic carbocycles. The molecule has 2 aliphatic rings. The summed E-state index contributed by atoms with van der Waals surface area (Å²) >= 11 is 0. The predicted octanol–water partition coefficient (Wildman–Crippen LogP) is 21.8. The first-order valence-corrected chi connectivity index (χ1v) is 35.6. The zero-order chi connectivity index (χ0) is 56.2. The van der Waals surface area contributed by atoms with Crippen molar-refractivity contribution in [3.05, 3.63) is 11.6 Å². The third-order valence-electron chi connectivity index (χ3n) is 16.9. The molecule has 0 aromatic rings. The predicted molar refractivity (Wildman–Crippen MR) is 350 cm³/mol. The maximum atomic E-state index is 5.80. The molecule has 0 spiro atoms. The van der Waals surface area contributed by atoms with Crippen molar-refractivity contribution < 1.29 is 0 Å². The first-order valence-electron chi connectivity index (χ1n) is 35.6. The van der Waals surface area contributed by atoms with Crippen molar-refractivity contribution in [2.75, 3.05) is 52.4 Å². The van der Waals surface area contributed by atoms with E-state index >= 15 is 0 Å².